The summed E-state index contributed by atoms with van der Waals surface area (Å²) < 4.78 is 1.88. The number of aryl methyl sites for hydroxylation is 2. The third kappa shape index (κ3) is 3.95. The molecule has 0 saturated heterocycles. The summed E-state index contributed by atoms with van der Waals surface area (Å²) in [5, 5.41) is 10.6. The number of carbonyl (C=O) groups excluding carboxylic acids is 1. The van der Waals surface area contributed by atoms with E-state index in [1.807, 2.05) is 48.9 Å². The standard InChI is InChI=1S/C17H24N4O/c1-5-18-13(3)11-19-17(22)15-6-8-16(9-7-15)21-14(4)10-12(2)20-21/h6-10,13,18H,5,11H2,1-4H3,(H,19,22)/t13-/m1/s1. The summed E-state index contributed by atoms with van der Waals surface area (Å²) in [6.07, 6.45) is 0. The van der Waals surface area contributed by atoms with Crippen LogP contribution < -0.4 is 10.6 Å². The van der Waals surface area contributed by atoms with Gasteiger partial charge in [0.25, 0.3) is 5.91 Å². The zero-order valence-electron chi connectivity index (χ0n) is 13.7. The van der Waals surface area contributed by atoms with E-state index in [1.165, 1.54) is 0 Å². The molecule has 0 unspecified atom stereocenters. The number of likely N-dealkylation sites (N-methyl/N-ethyl adjacent to an activating group) is 1. The summed E-state index contributed by atoms with van der Waals surface area (Å²) in [6, 6.07) is 9.80. The van der Waals surface area contributed by atoms with Gasteiger partial charge in [0.15, 0.2) is 0 Å². The van der Waals surface area contributed by atoms with Crippen LogP contribution in [0.5, 0.6) is 0 Å². The third-order valence-corrected chi connectivity index (χ3v) is 3.51. The molecular formula is C17H24N4O. The normalized spacial score (nSPS) is 12.2. The minimum atomic E-state index is -0.0512. The largest absolute Gasteiger partial charge is 0.350 e. The molecule has 1 atom stereocenters. The quantitative estimate of drug-likeness (QED) is 0.860. The van der Waals surface area contributed by atoms with Crippen LogP contribution in [0.1, 0.15) is 35.6 Å². The Morgan fingerprint density at radius 1 is 1.27 bits per heavy atom. The maximum absolute atomic E-state index is 12.1. The Hall–Kier alpha value is -2.14. The average Bonchev–Trinajstić information content (AvgIpc) is 2.84. The topological polar surface area (TPSA) is 58.9 Å². The average molecular weight is 300 g/mol. The summed E-state index contributed by atoms with van der Waals surface area (Å²) >= 11 is 0. The van der Waals surface area contributed by atoms with Crippen molar-refractivity contribution in [1.82, 2.24) is 20.4 Å². The number of nitrogens with zero attached hydrogens (tertiary/aromatic N) is 2. The van der Waals surface area contributed by atoms with Crippen LogP contribution in [0, 0.1) is 13.8 Å². The Morgan fingerprint density at radius 2 is 1.95 bits per heavy atom. The lowest BCUT2D eigenvalue weighted by Crippen LogP contribution is -2.38. The maximum atomic E-state index is 12.1. The van der Waals surface area contributed by atoms with Crippen LogP contribution in [-0.2, 0) is 0 Å². The third-order valence-electron chi connectivity index (χ3n) is 3.51. The highest BCUT2D eigenvalue weighted by molar-refractivity contribution is 5.94. The van der Waals surface area contributed by atoms with E-state index in [0.717, 1.165) is 23.6 Å². The van der Waals surface area contributed by atoms with Crippen LogP contribution in [0.2, 0.25) is 0 Å². The van der Waals surface area contributed by atoms with Gasteiger partial charge in [0.2, 0.25) is 0 Å². The minimum absolute atomic E-state index is 0.0512. The maximum Gasteiger partial charge on any atom is 0.251 e. The molecule has 22 heavy (non-hydrogen) atoms. The first-order valence-corrected chi connectivity index (χ1v) is 7.66. The van der Waals surface area contributed by atoms with Gasteiger partial charge in [-0.3, -0.25) is 4.79 Å². The first-order valence-electron chi connectivity index (χ1n) is 7.66. The molecule has 1 amide bonds. The fourth-order valence-corrected chi connectivity index (χ4v) is 2.41. The van der Waals surface area contributed by atoms with Crippen molar-refractivity contribution in [3.63, 3.8) is 0 Å². The molecule has 2 aromatic rings. The van der Waals surface area contributed by atoms with E-state index in [2.05, 4.69) is 29.6 Å². The number of rotatable bonds is 6. The number of amides is 1. The fourth-order valence-electron chi connectivity index (χ4n) is 2.41. The molecule has 5 nitrogen and oxygen atoms in total. The Bertz CT molecular complexity index is 631. The van der Waals surface area contributed by atoms with Gasteiger partial charge in [-0.15, -0.1) is 0 Å². The van der Waals surface area contributed by atoms with Crippen molar-refractivity contribution < 1.29 is 4.79 Å². The van der Waals surface area contributed by atoms with Crippen LogP contribution in [0.15, 0.2) is 30.3 Å². The molecule has 1 heterocycles. The predicted molar refractivity (Wildman–Crippen MR) is 88.5 cm³/mol. The Morgan fingerprint density at radius 3 is 2.50 bits per heavy atom. The molecule has 0 bridgehead atoms. The van der Waals surface area contributed by atoms with Gasteiger partial charge in [0, 0.05) is 23.8 Å². The SMILES string of the molecule is CCN[C@H](C)CNC(=O)c1ccc(-n2nc(C)cc2C)cc1. The Kier molecular flexibility index (Phi) is 5.33. The number of benzene rings is 1. The summed E-state index contributed by atoms with van der Waals surface area (Å²) in [5.41, 5.74) is 3.68. The van der Waals surface area contributed by atoms with Gasteiger partial charge in [-0.1, -0.05) is 6.92 Å². The number of hydrogen-bond acceptors (Lipinski definition) is 3. The summed E-state index contributed by atoms with van der Waals surface area (Å²) in [5.74, 6) is -0.0512. The number of hydrogen-bond donors (Lipinski definition) is 2. The van der Waals surface area contributed by atoms with E-state index >= 15 is 0 Å². The van der Waals surface area contributed by atoms with Crippen molar-refractivity contribution in [1.29, 1.82) is 0 Å². The van der Waals surface area contributed by atoms with E-state index in [-0.39, 0.29) is 11.9 Å². The molecule has 1 aromatic carbocycles. The Balaban J connectivity index is 2.02. The molecule has 0 aliphatic carbocycles. The predicted octanol–water partition coefficient (Wildman–Crippen LogP) is 2.22. The zero-order chi connectivity index (χ0) is 16.1. The van der Waals surface area contributed by atoms with Gasteiger partial charge in [-0.2, -0.15) is 5.10 Å². The zero-order valence-corrected chi connectivity index (χ0v) is 13.7. The highest BCUT2D eigenvalue weighted by Gasteiger charge is 2.09. The molecule has 0 radical (unpaired) electrons. The first kappa shape index (κ1) is 16.2. The smallest absolute Gasteiger partial charge is 0.251 e. The lowest BCUT2D eigenvalue weighted by Gasteiger charge is -2.13. The molecule has 0 fully saturated rings. The van der Waals surface area contributed by atoms with Gasteiger partial charge < -0.3 is 10.6 Å². The monoisotopic (exact) mass is 300 g/mol. The number of carbonyl (C=O) groups is 1. The lowest BCUT2D eigenvalue weighted by atomic mass is 10.2. The fraction of sp³-hybridized carbons (Fsp3) is 0.412. The highest BCUT2D eigenvalue weighted by Crippen LogP contribution is 2.13. The van der Waals surface area contributed by atoms with Gasteiger partial charge in [-0.25, -0.2) is 4.68 Å². The molecule has 5 heteroatoms. The molecule has 0 saturated carbocycles. The van der Waals surface area contributed by atoms with Crippen LogP contribution >= 0.6 is 0 Å². The van der Waals surface area contributed by atoms with Crippen molar-refractivity contribution in [3.05, 3.63) is 47.3 Å². The molecule has 0 aliphatic rings. The molecule has 0 spiro atoms. The van der Waals surface area contributed by atoms with E-state index < -0.39 is 0 Å². The summed E-state index contributed by atoms with van der Waals surface area (Å²) in [4.78, 5) is 12.1. The van der Waals surface area contributed by atoms with Crippen molar-refractivity contribution in [2.45, 2.75) is 33.7 Å². The van der Waals surface area contributed by atoms with E-state index in [1.54, 1.807) is 0 Å². The summed E-state index contributed by atoms with van der Waals surface area (Å²) in [7, 11) is 0. The summed E-state index contributed by atoms with van der Waals surface area (Å²) in [6.45, 7) is 9.60. The van der Waals surface area contributed by atoms with Crippen LogP contribution in [-0.4, -0.2) is 34.8 Å². The molecule has 118 valence electrons. The van der Waals surface area contributed by atoms with Gasteiger partial charge in [-0.05, 0) is 57.6 Å². The van der Waals surface area contributed by atoms with Gasteiger partial charge in [0.1, 0.15) is 0 Å². The van der Waals surface area contributed by atoms with Crippen molar-refractivity contribution >= 4 is 5.91 Å². The van der Waals surface area contributed by atoms with E-state index in [0.29, 0.717) is 12.1 Å². The Labute approximate surface area is 131 Å². The molecular weight excluding hydrogens is 276 g/mol. The first-order chi connectivity index (χ1) is 10.5. The second-order valence-electron chi connectivity index (χ2n) is 5.55. The van der Waals surface area contributed by atoms with Crippen LogP contribution in [0.3, 0.4) is 0 Å². The highest BCUT2D eigenvalue weighted by atomic mass is 16.1. The molecule has 0 aliphatic heterocycles. The van der Waals surface area contributed by atoms with E-state index in [4.69, 9.17) is 0 Å². The number of nitrogens with one attached hydrogen (secondary N) is 2. The van der Waals surface area contributed by atoms with Crippen LogP contribution in [0.25, 0.3) is 5.69 Å². The van der Waals surface area contributed by atoms with Crippen molar-refractivity contribution in [3.8, 4) is 5.69 Å². The van der Waals surface area contributed by atoms with Crippen molar-refractivity contribution in [2.75, 3.05) is 13.1 Å². The minimum Gasteiger partial charge on any atom is -0.350 e. The molecule has 2 N–H and O–H groups in total. The van der Waals surface area contributed by atoms with Gasteiger partial charge >= 0.3 is 0 Å². The van der Waals surface area contributed by atoms with Gasteiger partial charge in [0.05, 0.1) is 11.4 Å². The van der Waals surface area contributed by atoms with Crippen molar-refractivity contribution in [2.24, 2.45) is 0 Å². The second-order valence-corrected chi connectivity index (χ2v) is 5.55. The number of aromatic nitrogens is 2. The lowest BCUT2D eigenvalue weighted by molar-refractivity contribution is 0.0950. The van der Waals surface area contributed by atoms with E-state index in [9.17, 15) is 4.79 Å². The van der Waals surface area contributed by atoms with Crippen LogP contribution in [0.4, 0.5) is 0 Å². The molecule has 1 aromatic heterocycles. The molecule has 2 rings (SSSR count). The second kappa shape index (κ2) is 7.22.